The second kappa shape index (κ2) is 5.45. The Morgan fingerprint density at radius 3 is 2.75 bits per heavy atom. The zero-order valence-electron chi connectivity index (χ0n) is 12.5. The normalized spacial score (nSPS) is 17.5. The minimum Gasteiger partial charge on any atom is -0.508 e. The molecule has 0 aliphatic carbocycles. The van der Waals surface area contributed by atoms with Crippen LogP contribution in [0.5, 0.6) is 17.2 Å². The molecule has 1 atom stereocenters. The maximum absolute atomic E-state index is 11.3. The number of aldehydes is 1. The fourth-order valence-corrected chi connectivity index (χ4v) is 3.08. The summed E-state index contributed by atoms with van der Waals surface area (Å²) < 4.78 is 10.6. The van der Waals surface area contributed by atoms with Crippen LogP contribution < -0.4 is 14.5 Å². The van der Waals surface area contributed by atoms with Gasteiger partial charge in [-0.2, -0.15) is 0 Å². The van der Waals surface area contributed by atoms with Crippen LogP contribution in [0, 0.1) is 0 Å². The smallest absolute Gasteiger partial charge is 0.395 e. The van der Waals surface area contributed by atoms with Crippen LogP contribution in [-0.2, 0) is 14.4 Å². The lowest BCUT2D eigenvalue weighted by atomic mass is 9.92. The lowest BCUT2D eigenvalue weighted by Crippen LogP contribution is -2.26. The average Bonchev–Trinajstić information content (AvgIpc) is 3.18. The molecule has 4 rings (SSSR count). The number of phenolic OH excluding ortho intramolecular Hbond substituents is 1. The van der Waals surface area contributed by atoms with Gasteiger partial charge < -0.3 is 19.4 Å². The van der Waals surface area contributed by atoms with Crippen molar-refractivity contribution >= 4 is 17.9 Å². The van der Waals surface area contributed by atoms with E-state index in [2.05, 4.69) is 0 Å². The molecule has 2 aromatic carbocycles. The summed E-state index contributed by atoms with van der Waals surface area (Å²) in [6, 6.07) is 10.6. The van der Waals surface area contributed by atoms with Gasteiger partial charge in [0.15, 0.2) is 11.5 Å². The highest BCUT2D eigenvalue weighted by atomic mass is 16.7. The van der Waals surface area contributed by atoms with Gasteiger partial charge in [0.05, 0.1) is 12.2 Å². The van der Waals surface area contributed by atoms with E-state index in [9.17, 15) is 14.7 Å². The second-order valence-electron chi connectivity index (χ2n) is 5.46. The van der Waals surface area contributed by atoms with Gasteiger partial charge in [-0.3, -0.25) is 4.79 Å². The van der Waals surface area contributed by atoms with Crippen LogP contribution in [0.25, 0.3) is 0 Å². The number of hydrogen-bond donors (Lipinski definition) is 1. The van der Waals surface area contributed by atoms with Crippen molar-refractivity contribution in [1.82, 2.24) is 0 Å². The van der Waals surface area contributed by atoms with E-state index in [-0.39, 0.29) is 31.3 Å². The molecule has 0 amide bonds. The van der Waals surface area contributed by atoms with Gasteiger partial charge in [-0.1, -0.05) is 18.2 Å². The van der Waals surface area contributed by atoms with Crippen LogP contribution >= 0.6 is 0 Å². The molecule has 1 N–H and O–H groups in total. The topological polar surface area (TPSA) is 85.3 Å². The number of fused-ring (bicyclic) bond motifs is 2. The summed E-state index contributed by atoms with van der Waals surface area (Å²) in [6.45, 7) is 0.398. The molecule has 0 aromatic heterocycles. The van der Waals surface area contributed by atoms with Gasteiger partial charge in [0.2, 0.25) is 13.1 Å². The van der Waals surface area contributed by atoms with Crippen molar-refractivity contribution in [2.45, 2.75) is 5.92 Å². The Hall–Kier alpha value is -3.22. The molecule has 7 nitrogen and oxygen atoms in total. The number of para-hydroxylation sites is 1. The first kappa shape index (κ1) is 14.4. The highest BCUT2D eigenvalue weighted by Gasteiger charge is 2.34. The Bertz CT molecular complexity index is 834. The second-order valence-corrected chi connectivity index (χ2v) is 5.46. The highest BCUT2D eigenvalue weighted by molar-refractivity contribution is 6.20. The summed E-state index contributed by atoms with van der Waals surface area (Å²) in [7, 11) is 0. The van der Waals surface area contributed by atoms with E-state index >= 15 is 0 Å². The Labute approximate surface area is 136 Å². The molecule has 0 spiro atoms. The van der Waals surface area contributed by atoms with E-state index in [1.165, 1.54) is 11.1 Å². The Kier molecular flexibility index (Phi) is 3.26. The van der Waals surface area contributed by atoms with Crippen LogP contribution in [0.15, 0.2) is 36.4 Å². The van der Waals surface area contributed by atoms with Gasteiger partial charge in [-0.15, -0.1) is 0 Å². The molecule has 2 aliphatic heterocycles. The number of nitrogens with zero attached hydrogens (tertiary/aromatic N) is 1. The first-order valence-electron chi connectivity index (χ1n) is 7.33. The highest BCUT2D eigenvalue weighted by Crippen LogP contribution is 2.46. The van der Waals surface area contributed by atoms with Crippen LogP contribution in [-0.4, -0.2) is 30.7 Å². The van der Waals surface area contributed by atoms with Crippen molar-refractivity contribution in [1.29, 1.82) is 0 Å². The number of aromatic hydroxyl groups is 1. The lowest BCUT2D eigenvalue weighted by Gasteiger charge is -2.17. The molecule has 0 saturated carbocycles. The molecule has 0 fully saturated rings. The van der Waals surface area contributed by atoms with Crippen molar-refractivity contribution in [3.8, 4) is 17.2 Å². The SMILES string of the molecule is O=CC(=O)ON1CC(c2cc3c(cc2O)OCO3)c2ccccc21. The molecule has 0 saturated heterocycles. The van der Waals surface area contributed by atoms with Crippen molar-refractivity contribution in [2.75, 3.05) is 18.4 Å². The van der Waals surface area contributed by atoms with E-state index in [1.807, 2.05) is 18.2 Å². The average molecular weight is 327 g/mol. The van der Waals surface area contributed by atoms with Gasteiger partial charge in [0.1, 0.15) is 5.75 Å². The number of ether oxygens (including phenoxy) is 2. The zero-order chi connectivity index (χ0) is 16.7. The van der Waals surface area contributed by atoms with Gasteiger partial charge in [0.25, 0.3) is 0 Å². The van der Waals surface area contributed by atoms with Gasteiger partial charge in [-0.05, 0) is 17.7 Å². The first-order chi connectivity index (χ1) is 11.7. The van der Waals surface area contributed by atoms with Crippen molar-refractivity contribution in [3.05, 3.63) is 47.5 Å². The maximum atomic E-state index is 11.3. The summed E-state index contributed by atoms with van der Waals surface area (Å²) in [6.07, 6.45) is 0.119. The minimum atomic E-state index is -0.972. The van der Waals surface area contributed by atoms with Crippen LogP contribution in [0.4, 0.5) is 5.69 Å². The van der Waals surface area contributed by atoms with Gasteiger partial charge >= 0.3 is 5.97 Å². The monoisotopic (exact) mass is 327 g/mol. The number of phenols is 1. The third kappa shape index (κ3) is 2.21. The molecule has 0 bridgehead atoms. The van der Waals surface area contributed by atoms with Crippen LogP contribution in [0.1, 0.15) is 17.0 Å². The lowest BCUT2D eigenvalue weighted by molar-refractivity contribution is -0.149. The predicted octanol–water partition coefficient (Wildman–Crippen LogP) is 1.73. The summed E-state index contributed by atoms with van der Waals surface area (Å²) in [5.41, 5.74) is 2.19. The van der Waals surface area contributed by atoms with E-state index in [0.29, 0.717) is 22.7 Å². The van der Waals surface area contributed by atoms with Gasteiger partial charge in [0, 0.05) is 17.5 Å². The van der Waals surface area contributed by atoms with E-state index in [4.69, 9.17) is 14.3 Å². The van der Waals surface area contributed by atoms with Crippen molar-refractivity contribution in [3.63, 3.8) is 0 Å². The minimum absolute atomic E-state index is 0.0719. The number of carbonyl (C=O) groups is 2. The number of benzene rings is 2. The van der Waals surface area contributed by atoms with Crippen LogP contribution in [0.2, 0.25) is 0 Å². The fraction of sp³-hybridized carbons (Fsp3) is 0.176. The molecule has 2 aromatic rings. The Morgan fingerprint density at radius 1 is 1.21 bits per heavy atom. The summed E-state index contributed by atoms with van der Waals surface area (Å²) >= 11 is 0. The third-order valence-electron chi connectivity index (χ3n) is 4.12. The van der Waals surface area contributed by atoms with Crippen LogP contribution in [0.3, 0.4) is 0 Å². The van der Waals surface area contributed by atoms with Gasteiger partial charge in [-0.25, -0.2) is 9.86 Å². The van der Waals surface area contributed by atoms with E-state index in [1.54, 1.807) is 12.1 Å². The molecule has 1 unspecified atom stereocenters. The molecule has 7 heteroatoms. The largest absolute Gasteiger partial charge is 0.508 e. The Balaban J connectivity index is 1.74. The maximum Gasteiger partial charge on any atom is 0.395 e. The number of anilines is 1. The van der Waals surface area contributed by atoms with E-state index in [0.717, 1.165) is 5.56 Å². The number of carbonyl (C=O) groups excluding carboxylic acids is 2. The summed E-state index contributed by atoms with van der Waals surface area (Å²) in [5, 5.41) is 11.7. The molecule has 24 heavy (non-hydrogen) atoms. The zero-order valence-corrected chi connectivity index (χ0v) is 12.5. The molecule has 122 valence electrons. The quantitative estimate of drug-likeness (QED) is 0.679. The summed E-state index contributed by atoms with van der Waals surface area (Å²) in [4.78, 5) is 26.9. The van der Waals surface area contributed by atoms with E-state index < -0.39 is 5.97 Å². The fourth-order valence-electron chi connectivity index (χ4n) is 3.08. The first-order valence-corrected chi connectivity index (χ1v) is 7.33. The molecule has 0 radical (unpaired) electrons. The van der Waals surface area contributed by atoms with Crippen molar-refractivity contribution < 1.29 is 29.0 Å². The molecule has 2 aliphatic rings. The number of rotatable bonds is 3. The standard InChI is InChI=1S/C17H13NO6/c19-8-17(21)24-18-7-12(10-3-1-2-4-13(10)18)11-5-15-16(6-14(11)20)23-9-22-15/h1-6,8,12,20H,7,9H2. The number of hydrogen-bond acceptors (Lipinski definition) is 7. The predicted molar refractivity (Wildman–Crippen MR) is 82.0 cm³/mol. The third-order valence-corrected chi connectivity index (χ3v) is 4.12. The Morgan fingerprint density at radius 2 is 1.96 bits per heavy atom. The molecule has 2 heterocycles. The number of hydroxylamine groups is 1. The van der Waals surface area contributed by atoms with Crippen molar-refractivity contribution in [2.24, 2.45) is 0 Å². The molecular formula is C17H13NO6. The summed E-state index contributed by atoms with van der Waals surface area (Å²) in [5.74, 6) is -0.0893. The molecular weight excluding hydrogens is 314 g/mol.